The molecule has 6 atom stereocenters. The summed E-state index contributed by atoms with van der Waals surface area (Å²) < 4.78 is 10.7. The van der Waals surface area contributed by atoms with Gasteiger partial charge in [-0.3, -0.25) is 9.59 Å². The molecule has 0 spiro atoms. The number of aliphatic hydroxyl groups excluding tert-OH is 2. The number of aromatic hydroxyl groups is 1. The molecule has 0 radical (unpaired) electrons. The molecule has 1 aromatic rings. The minimum Gasteiger partial charge on any atom is -0.508 e. The number of carbonyl (C=O) groups excluding carboxylic acids is 2. The fourth-order valence-corrected chi connectivity index (χ4v) is 5.75. The lowest BCUT2D eigenvalue weighted by atomic mass is 9.47. The van der Waals surface area contributed by atoms with Gasteiger partial charge in [0.1, 0.15) is 18.0 Å². The molecule has 1 aromatic carbocycles. The van der Waals surface area contributed by atoms with Gasteiger partial charge in [0.25, 0.3) is 0 Å². The van der Waals surface area contributed by atoms with Crippen molar-refractivity contribution in [1.29, 1.82) is 0 Å². The third-order valence-corrected chi connectivity index (χ3v) is 7.28. The van der Waals surface area contributed by atoms with E-state index < -0.39 is 47.0 Å². The van der Waals surface area contributed by atoms with Crippen LogP contribution in [0.15, 0.2) is 12.1 Å². The Balaban J connectivity index is 2.34. The van der Waals surface area contributed by atoms with Gasteiger partial charge in [0.2, 0.25) is 0 Å². The van der Waals surface area contributed by atoms with Crippen LogP contribution in [0.4, 0.5) is 0 Å². The zero-order valence-corrected chi connectivity index (χ0v) is 18.4. The Morgan fingerprint density at radius 2 is 1.83 bits per heavy atom. The van der Waals surface area contributed by atoms with Crippen molar-refractivity contribution >= 4 is 11.9 Å². The summed E-state index contributed by atoms with van der Waals surface area (Å²) in [6.45, 7) is 8.64. The lowest BCUT2D eigenvalue weighted by Gasteiger charge is -2.59. The number of phenolic OH excluding ortho intramolecular Hbond substituents is 1. The Hall–Kier alpha value is -2.12. The Bertz CT molecular complexity index is 863. The first-order chi connectivity index (χ1) is 13.9. The molecule has 7 nitrogen and oxygen atoms in total. The van der Waals surface area contributed by atoms with E-state index in [1.54, 1.807) is 26.0 Å². The first-order valence-electron chi connectivity index (χ1n) is 10.4. The lowest BCUT2D eigenvalue weighted by Crippen LogP contribution is -2.64. The monoisotopic (exact) mass is 420 g/mol. The Kier molecular flexibility index (Phi) is 5.67. The molecule has 2 aliphatic carbocycles. The second kappa shape index (κ2) is 7.54. The van der Waals surface area contributed by atoms with E-state index in [1.165, 1.54) is 14.0 Å². The van der Waals surface area contributed by atoms with E-state index in [1.807, 2.05) is 13.8 Å². The molecule has 30 heavy (non-hydrogen) atoms. The fourth-order valence-electron chi connectivity index (χ4n) is 5.75. The van der Waals surface area contributed by atoms with Crippen LogP contribution in [0.5, 0.6) is 5.75 Å². The van der Waals surface area contributed by atoms with E-state index in [-0.39, 0.29) is 11.7 Å². The first-order valence-corrected chi connectivity index (χ1v) is 10.4. The van der Waals surface area contributed by atoms with E-state index >= 15 is 0 Å². The number of carbonyl (C=O) groups is 2. The minimum atomic E-state index is -1.21. The van der Waals surface area contributed by atoms with Crippen LogP contribution in [0.2, 0.25) is 0 Å². The van der Waals surface area contributed by atoms with Crippen LogP contribution in [-0.2, 0) is 24.5 Å². The van der Waals surface area contributed by atoms with Gasteiger partial charge < -0.3 is 24.8 Å². The summed E-state index contributed by atoms with van der Waals surface area (Å²) in [7, 11) is 1.30. The smallest absolute Gasteiger partial charge is 0.311 e. The van der Waals surface area contributed by atoms with Crippen molar-refractivity contribution in [2.45, 2.75) is 77.1 Å². The minimum absolute atomic E-state index is 0.00295. The maximum Gasteiger partial charge on any atom is 0.311 e. The van der Waals surface area contributed by atoms with Gasteiger partial charge in [0.05, 0.1) is 18.6 Å². The number of methoxy groups -OCH3 is 1. The molecule has 0 heterocycles. The standard InChI is InChI=1S/C23H32O7/c1-11(2)13-9-14-15(10-16(13)25)23(5)17(26)7-8-22(4,21(28)29-6)20(23)19(18(14)27)30-12(3)24/h9-11,17-20,25-27H,7-8H2,1-6H3/t17-,18-,19-,20+,22-,23-/m1/s1. The van der Waals surface area contributed by atoms with Crippen molar-refractivity contribution in [3.63, 3.8) is 0 Å². The quantitative estimate of drug-likeness (QED) is 0.644. The van der Waals surface area contributed by atoms with Gasteiger partial charge in [0, 0.05) is 18.3 Å². The van der Waals surface area contributed by atoms with Crippen LogP contribution in [0.1, 0.15) is 76.2 Å². The maximum absolute atomic E-state index is 12.9. The summed E-state index contributed by atoms with van der Waals surface area (Å²) >= 11 is 0. The van der Waals surface area contributed by atoms with Crippen molar-refractivity contribution in [1.82, 2.24) is 0 Å². The van der Waals surface area contributed by atoms with E-state index in [0.717, 1.165) is 0 Å². The molecule has 1 saturated carbocycles. The molecule has 0 amide bonds. The average Bonchev–Trinajstić information content (AvgIpc) is 2.67. The average molecular weight is 421 g/mol. The van der Waals surface area contributed by atoms with Gasteiger partial charge in [-0.15, -0.1) is 0 Å². The highest BCUT2D eigenvalue weighted by Gasteiger charge is 2.65. The molecule has 1 fully saturated rings. The van der Waals surface area contributed by atoms with Crippen LogP contribution < -0.4 is 0 Å². The first kappa shape index (κ1) is 22.6. The van der Waals surface area contributed by atoms with Gasteiger partial charge in [-0.1, -0.05) is 20.8 Å². The Morgan fingerprint density at radius 1 is 1.20 bits per heavy atom. The van der Waals surface area contributed by atoms with Gasteiger partial charge in [-0.05, 0) is 54.5 Å². The van der Waals surface area contributed by atoms with E-state index in [4.69, 9.17) is 9.47 Å². The molecular formula is C23H32O7. The van der Waals surface area contributed by atoms with Crippen molar-refractivity contribution in [2.24, 2.45) is 11.3 Å². The molecule has 0 unspecified atom stereocenters. The number of rotatable bonds is 3. The molecule has 3 rings (SSSR count). The second-order valence-corrected chi connectivity index (χ2v) is 9.40. The molecule has 2 aliphatic rings. The summed E-state index contributed by atoms with van der Waals surface area (Å²) in [6.07, 6.45) is -2.49. The number of hydrogen-bond acceptors (Lipinski definition) is 7. The summed E-state index contributed by atoms with van der Waals surface area (Å²) in [6, 6.07) is 3.30. The maximum atomic E-state index is 12.9. The topological polar surface area (TPSA) is 113 Å². The van der Waals surface area contributed by atoms with Gasteiger partial charge in [-0.25, -0.2) is 0 Å². The van der Waals surface area contributed by atoms with Crippen LogP contribution in [0.25, 0.3) is 0 Å². The van der Waals surface area contributed by atoms with E-state index in [2.05, 4.69) is 0 Å². The molecule has 3 N–H and O–H groups in total. The van der Waals surface area contributed by atoms with E-state index in [0.29, 0.717) is 29.5 Å². The lowest BCUT2D eigenvalue weighted by molar-refractivity contribution is -0.199. The summed E-state index contributed by atoms with van der Waals surface area (Å²) in [4.78, 5) is 24.8. The third-order valence-electron chi connectivity index (χ3n) is 7.28. The van der Waals surface area contributed by atoms with E-state index in [9.17, 15) is 24.9 Å². The predicted molar refractivity (Wildman–Crippen MR) is 109 cm³/mol. The molecule has 166 valence electrons. The third kappa shape index (κ3) is 3.10. The summed E-state index contributed by atoms with van der Waals surface area (Å²) in [5, 5.41) is 33.1. The zero-order valence-electron chi connectivity index (χ0n) is 18.4. The highest BCUT2D eigenvalue weighted by atomic mass is 16.6. The van der Waals surface area contributed by atoms with Crippen LogP contribution >= 0.6 is 0 Å². The van der Waals surface area contributed by atoms with Crippen molar-refractivity contribution in [3.8, 4) is 5.75 Å². The van der Waals surface area contributed by atoms with Crippen molar-refractivity contribution in [3.05, 3.63) is 28.8 Å². The van der Waals surface area contributed by atoms with Gasteiger partial charge in [0.15, 0.2) is 0 Å². The predicted octanol–water partition coefficient (Wildman–Crippen LogP) is 2.70. The molecule has 0 bridgehead atoms. The molecule has 0 aliphatic heterocycles. The number of esters is 2. The van der Waals surface area contributed by atoms with Gasteiger partial charge >= 0.3 is 11.9 Å². The zero-order chi connectivity index (χ0) is 22.6. The van der Waals surface area contributed by atoms with Crippen LogP contribution in [0, 0.1) is 11.3 Å². The Labute approximate surface area is 177 Å². The fraction of sp³-hybridized carbons (Fsp3) is 0.652. The molecule has 0 saturated heterocycles. The number of aliphatic hydroxyl groups is 2. The molecular weight excluding hydrogens is 388 g/mol. The highest BCUT2D eigenvalue weighted by molar-refractivity contribution is 5.78. The van der Waals surface area contributed by atoms with Crippen molar-refractivity contribution < 1.29 is 34.4 Å². The van der Waals surface area contributed by atoms with Gasteiger partial charge in [-0.2, -0.15) is 0 Å². The van der Waals surface area contributed by atoms with Crippen LogP contribution in [0.3, 0.4) is 0 Å². The number of phenols is 1. The largest absolute Gasteiger partial charge is 0.508 e. The Morgan fingerprint density at radius 3 is 2.37 bits per heavy atom. The molecule has 7 heteroatoms. The highest BCUT2D eigenvalue weighted by Crippen LogP contribution is 2.61. The molecule has 0 aromatic heterocycles. The second-order valence-electron chi connectivity index (χ2n) is 9.40. The summed E-state index contributed by atoms with van der Waals surface area (Å²) in [5.74, 6) is -1.76. The van der Waals surface area contributed by atoms with Crippen molar-refractivity contribution in [2.75, 3.05) is 7.11 Å². The number of benzene rings is 1. The summed E-state index contributed by atoms with van der Waals surface area (Å²) in [5.41, 5.74) is -0.448. The number of ether oxygens (including phenoxy) is 2. The SMILES string of the molecule is COC(=O)[C@]1(C)CC[C@@H](O)[C@@]2(C)c3cc(O)c(C(C)C)cc3[C@@H](O)[C@@H](OC(C)=O)[C@H]21. The van der Waals surface area contributed by atoms with Crippen LogP contribution in [-0.4, -0.2) is 46.6 Å². The normalized spacial score (nSPS) is 35.4. The number of hydrogen-bond donors (Lipinski definition) is 3. The number of fused-ring (bicyclic) bond motifs is 3.